The summed E-state index contributed by atoms with van der Waals surface area (Å²) in [6.07, 6.45) is 7.46. The lowest BCUT2D eigenvalue weighted by atomic mass is 10.0. The fourth-order valence-corrected chi connectivity index (χ4v) is 5.00. The van der Waals surface area contributed by atoms with E-state index in [1.54, 1.807) is 48.4 Å². The molecule has 1 aliphatic carbocycles. The topological polar surface area (TPSA) is 135 Å². The summed E-state index contributed by atoms with van der Waals surface area (Å²) in [5.41, 5.74) is 8.40. The van der Waals surface area contributed by atoms with Crippen LogP contribution in [0.15, 0.2) is 59.8 Å². The standard InChI is InChI=1S/C30H25FN8O3/c1-33-14-26(40)42-16-22-21(28-35-25(36-30(32)37-28)10-17-13-34-38(2)15-17)4-3-5-24(22)39-9-8-19-11-20(18-6-7-18)12-23(31)27(19)29(39)41/h3-5,8-9,11-13,15,18H,6-7,10,14,16H2,2H3,(H2,32,35,36,37). The van der Waals surface area contributed by atoms with Crippen molar-refractivity contribution < 1.29 is 13.9 Å². The molecule has 11 nitrogen and oxygen atoms in total. The first-order valence-electron chi connectivity index (χ1n) is 13.2. The van der Waals surface area contributed by atoms with Gasteiger partial charge in [-0.05, 0) is 53.5 Å². The Kier molecular flexibility index (Phi) is 6.92. The number of aromatic nitrogens is 6. The molecule has 3 aromatic heterocycles. The van der Waals surface area contributed by atoms with Gasteiger partial charge in [0.05, 0.1) is 17.3 Å². The van der Waals surface area contributed by atoms with E-state index in [-0.39, 0.29) is 23.8 Å². The molecule has 0 atom stereocenters. The summed E-state index contributed by atoms with van der Waals surface area (Å²) in [7, 11) is 1.80. The van der Waals surface area contributed by atoms with E-state index in [1.807, 2.05) is 12.3 Å². The van der Waals surface area contributed by atoms with E-state index in [0.717, 1.165) is 24.0 Å². The number of hydrogen-bond donors (Lipinski definition) is 1. The second-order valence-electron chi connectivity index (χ2n) is 10.1. The van der Waals surface area contributed by atoms with Crippen LogP contribution in [0.2, 0.25) is 0 Å². The molecule has 6 rings (SSSR count). The molecule has 1 aliphatic rings. The van der Waals surface area contributed by atoms with Crippen LogP contribution in [0, 0.1) is 12.4 Å². The van der Waals surface area contributed by atoms with Crippen LogP contribution in [0.5, 0.6) is 0 Å². The van der Waals surface area contributed by atoms with Crippen LogP contribution in [0.3, 0.4) is 0 Å². The molecule has 1 saturated carbocycles. The van der Waals surface area contributed by atoms with E-state index in [1.165, 1.54) is 10.6 Å². The lowest BCUT2D eigenvalue weighted by molar-refractivity contribution is -0.142. The Morgan fingerprint density at radius 1 is 1.21 bits per heavy atom. The van der Waals surface area contributed by atoms with Gasteiger partial charge >= 0.3 is 12.5 Å². The highest BCUT2D eigenvalue weighted by Crippen LogP contribution is 2.41. The minimum absolute atomic E-state index is 0.0170. The average Bonchev–Trinajstić information content (AvgIpc) is 3.73. The largest absolute Gasteiger partial charge is 0.455 e. The first-order chi connectivity index (χ1) is 20.3. The number of benzene rings is 2. The molecular formula is C30H25FN8O3. The second kappa shape index (κ2) is 10.9. The Labute approximate surface area is 239 Å². The summed E-state index contributed by atoms with van der Waals surface area (Å²) >= 11 is 0. The van der Waals surface area contributed by atoms with E-state index < -0.39 is 23.9 Å². The van der Waals surface area contributed by atoms with Gasteiger partial charge in [-0.25, -0.2) is 20.7 Å². The summed E-state index contributed by atoms with van der Waals surface area (Å²) in [6, 6.07) is 10.1. The third-order valence-electron chi connectivity index (χ3n) is 7.08. The van der Waals surface area contributed by atoms with E-state index in [4.69, 9.17) is 17.0 Å². The van der Waals surface area contributed by atoms with Gasteiger partial charge in [0.25, 0.3) is 5.56 Å². The molecule has 1 fully saturated rings. The number of hydrogen-bond acceptors (Lipinski definition) is 8. The van der Waals surface area contributed by atoms with Gasteiger partial charge in [-0.2, -0.15) is 15.1 Å². The van der Waals surface area contributed by atoms with Gasteiger partial charge in [0, 0.05) is 37.0 Å². The summed E-state index contributed by atoms with van der Waals surface area (Å²) in [4.78, 5) is 42.2. The van der Waals surface area contributed by atoms with Crippen molar-refractivity contribution in [3.63, 3.8) is 0 Å². The number of ether oxygens (including phenoxy) is 1. The summed E-state index contributed by atoms with van der Waals surface area (Å²) < 4.78 is 23.7. The van der Waals surface area contributed by atoms with Crippen LogP contribution < -0.4 is 11.3 Å². The Balaban J connectivity index is 1.48. The minimum Gasteiger partial charge on any atom is -0.455 e. The fourth-order valence-electron chi connectivity index (χ4n) is 5.00. The summed E-state index contributed by atoms with van der Waals surface area (Å²) in [5.74, 6) is -0.410. The van der Waals surface area contributed by atoms with Crippen molar-refractivity contribution >= 4 is 22.7 Å². The second-order valence-corrected chi connectivity index (χ2v) is 10.1. The number of pyridine rings is 1. The van der Waals surface area contributed by atoms with Crippen LogP contribution in [0.4, 0.5) is 10.3 Å². The van der Waals surface area contributed by atoms with E-state index in [0.29, 0.717) is 40.4 Å². The molecule has 3 heterocycles. The Morgan fingerprint density at radius 2 is 2.05 bits per heavy atom. The first kappa shape index (κ1) is 26.8. The zero-order valence-corrected chi connectivity index (χ0v) is 22.6. The Hall–Kier alpha value is -5.44. The van der Waals surface area contributed by atoms with Crippen LogP contribution in [-0.4, -0.2) is 41.8 Å². The lowest BCUT2D eigenvalue weighted by Gasteiger charge is -2.17. The molecule has 0 bridgehead atoms. The molecule has 5 aromatic rings. The monoisotopic (exact) mass is 564 g/mol. The van der Waals surface area contributed by atoms with E-state index in [9.17, 15) is 9.59 Å². The quantitative estimate of drug-likeness (QED) is 0.223. The molecule has 0 amide bonds. The number of nitrogens with two attached hydrogens (primary N) is 1. The zero-order chi connectivity index (χ0) is 29.4. The smallest absolute Gasteiger partial charge is 0.387 e. The predicted molar refractivity (Wildman–Crippen MR) is 152 cm³/mol. The predicted octanol–water partition coefficient (Wildman–Crippen LogP) is 3.73. The van der Waals surface area contributed by atoms with Crippen molar-refractivity contribution in [1.82, 2.24) is 29.3 Å². The number of rotatable bonds is 8. The van der Waals surface area contributed by atoms with E-state index in [2.05, 4.69) is 24.9 Å². The van der Waals surface area contributed by atoms with Crippen molar-refractivity contribution in [2.24, 2.45) is 7.05 Å². The average molecular weight is 565 g/mol. The molecule has 0 spiro atoms. The number of anilines is 1. The van der Waals surface area contributed by atoms with Gasteiger partial charge < -0.3 is 15.3 Å². The maximum atomic E-state index is 15.3. The van der Waals surface area contributed by atoms with Gasteiger partial charge in [0.15, 0.2) is 5.82 Å². The number of fused-ring (bicyclic) bond motifs is 1. The normalized spacial score (nSPS) is 12.8. The number of esters is 1. The van der Waals surface area contributed by atoms with Gasteiger partial charge in [0.2, 0.25) is 5.95 Å². The lowest BCUT2D eigenvalue weighted by Crippen LogP contribution is -2.21. The Morgan fingerprint density at radius 3 is 2.79 bits per heavy atom. The van der Waals surface area contributed by atoms with Crippen molar-refractivity contribution in [3.8, 4) is 17.1 Å². The van der Waals surface area contributed by atoms with Crippen LogP contribution in [-0.2, 0) is 29.6 Å². The SMILES string of the molecule is [C-]#[N+]CC(=O)OCc1c(-c2nc(N)nc(Cc3cnn(C)c3)n2)cccc1-n1ccc2cc(C3CC3)cc(F)c2c1=O. The molecule has 0 radical (unpaired) electrons. The molecule has 42 heavy (non-hydrogen) atoms. The summed E-state index contributed by atoms with van der Waals surface area (Å²) in [5, 5.41) is 4.65. The van der Waals surface area contributed by atoms with Crippen molar-refractivity contribution in [2.75, 3.05) is 12.3 Å². The van der Waals surface area contributed by atoms with Crippen molar-refractivity contribution in [1.29, 1.82) is 0 Å². The Bertz CT molecular complexity index is 1960. The molecule has 2 aromatic carbocycles. The highest BCUT2D eigenvalue weighted by Gasteiger charge is 2.26. The fraction of sp³-hybridized carbons (Fsp3) is 0.233. The molecule has 210 valence electrons. The number of aryl methyl sites for hydroxylation is 1. The number of nitrogen functional groups attached to an aromatic ring is 1. The van der Waals surface area contributed by atoms with Gasteiger partial charge in [-0.3, -0.25) is 14.0 Å². The maximum Gasteiger partial charge on any atom is 0.387 e. The third kappa shape index (κ3) is 5.32. The maximum absolute atomic E-state index is 15.3. The van der Waals surface area contributed by atoms with E-state index >= 15 is 4.39 Å². The van der Waals surface area contributed by atoms with Crippen molar-refractivity contribution in [3.05, 3.63) is 105 Å². The number of carbonyl (C=O) groups is 1. The van der Waals surface area contributed by atoms with Crippen LogP contribution in [0.1, 0.15) is 41.3 Å². The first-order valence-corrected chi connectivity index (χ1v) is 13.2. The number of carbonyl (C=O) groups excluding carboxylic acids is 1. The minimum atomic E-state index is -0.734. The molecule has 12 heteroatoms. The highest BCUT2D eigenvalue weighted by atomic mass is 19.1. The van der Waals surface area contributed by atoms with Gasteiger partial charge in [-0.15, -0.1) is 0 Å². The number of nitrogens with zero attached hydrogens (tertiary/aromatic N) is 7. The molecule has 0 saturated heterocycles. The van der Waals surface area contributed by atoms with Crippen LogP contribution in [0.25, 0.3) is 32.7 Å². The third-order valence-corrected chi connectivity index (χ3v) is 7.08. The zero-order valence-electron chi connectivity index (χ0n) is 22.6. The molecule has 0 aliphatic heterocycles. The van der Waals surface area contributed by atoms with Gasteiger partial charge in [-0.1, -0.05) is 18.2 Å². The highest BCUT2D eigenvalue weighted by molar-refractivity contribution is 5.83. The van der Waals surface area contributed by atoms with Crippen LogP contribution >= 0.6 is 0 Å². The molecule has 0 unspecified atom stereocenters. The molecule has 2 N–H and O–H groups in total. The summed E-state index contributed by atoms with van der Waals surface area (Å²) in [6.45, 7) is 6.22. The van der Waals surface area contributed by atoms with Crippen molar-refractivity contribution in [2.45, 2.75) is 31.8 Å². The molecular weight excluding hydrogens is 539 g/mol. The number of halogens is 1. The van der Waals surface area contributed by atoms with Gasteiger partial charge in [0.1, 0.15) is 18.2 Å².